The molecule has 1 aromatic rings. The maximum atomic E-state index is 11.9. The first-order valence-corrected chi connectivity index (χ1v) is 6.19. The molecule has 17 heavy (non-hydrogen) atoms. The van der Waals surface area contributed by atoms with Crippen molar-refractivity contribution in [2.45, 2.75) is 33.7 Å². The van der Waals surface area contributed by atoms with Gasteiger partial charge in [0.25, 0.3) is 0 Å². The van der Waals surface area contributed by atoms with Gasteiger partial charge < -0.3 is 11.1 Å². The van der Waals surface area contributed by atoms with E-state index in [9.17, 15) is 4.79 Å². The highest BCUT2D eigenvalue weighted by Crippen LogP contribution is 2.20. The van der Waals surface area contributed by atoms with Gasteiger partial charge in [0.15, 0.2) is 0 Å². The van der Waals surface area contributed by atoms with E-state index in [1.54, 1.807) is 6.20 Å². The number of anilines is 1. The van der Waals surface area contributed by atoms with Gasteiger partial charge in [-0.05, 0) is 39.9 Å². The quantitative estimate of drug-likeness (QED) is 0.881. The molecular weight excluding hydrogens is 282 g/mol. The highest BCUT2D eigenvalue weighted by molar-refractivity contribution is 9.10. The van der Waals surface area contributed by atoms with Crippen LogP contribution in [-0.2, 0) is 4.79 Å². The molecule has 0 unspecified atom stereocenters. The van der Waals surface area contributed by atoms with Crippen LogP contribution in [0.4, 0.5) is 5.82 Å². The Morgan fingerprint density at radius 1 is 1.53 bits per heavy atom. The zero-order chi connectivity index (χ0) is 13.2. The largest absolute Gasteiger partial charge is 0.319 e. The summed E-state index contributed by atoms with van der Waals surface area (Å²) >= 11 is 3.32. The monoisotopic (exact) mass is 299 g/mol. The topological polar surface area (TPSA) is 68.0 Å². The summed E-state index contributed by atoms with van der Waals surface area (Å²) in [7, 11) is 0. The van der Waals surface area contributed by atoms with E-state index in [1.165, 1.54) is 0 Å². The highest BCUT2D eigenvalue weighted by atomic mass is 79.9. The van der Waals surface area contributed by atoms with E-state index in [0.29, 0.717) is 5.82 Å². The average Bonchev–Trinajstić information content (AvgIpc) is 2.19. The zero-order valence-corrected chi connectivity index (χ0v) is 12.1. The number of aryl methyl sites for hydroxylation is 1. The second-order valence-electron chi connectivity index (χ2n) is 5.15. The molecule has 0 aliphatic heterocycles. The molecule has 4 nitrogen and oxygen atoms in total. The van der Waals surface area contributed by atoms with Crippen molar-refractivity contribution in [3.05, 3.63) is 22.3 Å². The number of pyridine rings is 1. The van der Waals surface area contributed by atoms with Gasteiger partial charge in [-0.3, -0.25) is 4.79 Å². The van der Waals surface area contributed by atoms with E-state index < -0.39 is 6.04 Å². The lowest BCUT2D eigenvalue weighted by Crippen LogP contribution is -2.45. The van der Waals surface area contributed by atoms with E-state index in [-0.39, 0.29) is 11.3 Å². The summed E-state index contributed by atoms with van der Waals surface area (Å²) in [6.45, 7) is 7.67. The summed E-state index contributed by atoms with van der Waals surface area (Å²) in [6.07, 6.45) is 1.64. The van der Waals surface area contributed by atoms with Crippen LogP contribution in [-0.4, -0.2) is 16.9 Å². The molecule has 0 fully saturated rings. The normalized spacial score (nSPS) is 13.3. The Kier molecular flexibility index (Phi) is 4.27. The number of hydrogen-bond acceptors (Lipinski definition) is 3. The van der Waals surface area contributed by atoms with Crippen molar-refractivity contribution in [1.29, 1.82) is 0 Å². The van der Waals surface area contributed by atoms with Crippen LogP contribution >= 0.6 is 15.9 Å². The molecule has 1 heterocycles. The third-order valence-corrected chi connectivity index (χ3v) is 2.94. The smallest absolute Gasteiger partial charge is 0.242 e. The Labute approximate surface area is 110 Å². The minimum Gasteiger partial charge on any atom is -0.319 e. The molecule has 94 valence electrons. The lowest BCUT2D eigenvalue weighted by Gasteiger charge is -2.25. The van der Waals surface area contributed by atoms with Crippen LogP contribution < -0.4 is 11.1 Å². The average molecular weight is 300 g/mol. The van der Waals surface area contributed by atoms with Crippen LogP contribution in [0.1, 0.15) is 26.3 Å². The second-order valence-corrected chi connectivity index (χ2v) is 6.07. The van der Waals surface area contributed by atoms with E-state index >= 15 is 0 Å². The first-order valence-electron chi connectivity index (χ1n) is 5.40. The third-order valence-electron chi connectivity index (χ3n) is 2.50. The lowest BCUT2D eigenvalue weighted by atomic mass is 9.87. The maximum Gasteiger partial charge on any atom is 0.242 e. The zero-order valence-electron chi connectivity index (χ0n) is 10.5. The second kappa shape index (κ2) is 5.14. The summed E-state index contributed by atoms with van der Waals surface area (Å²) in [5, 5.41) is 2.75. The predicted octanol–water partition coefficient (Wildman–Crippen LogP) is 2.46. The summed E-state index contributed by atoms with van der Waals surface area (Å²) in [6, 6.07) is 1.33. The summed E-state index contributed by atoms with van der Waals surface area (Å²) in [4.78, 5) is 16.1. The molecular formula is C12H18BrN3O. The molecule has 1 rings (SSSR count). The molecule has 0 bridgehead atoms. The van der Waals surface area contributed by atoms with Crippen molar-refractivity contribution < 1.29 is 4.79 Å². The van der Waals surface area contributed by atoms with Crippen molar-refractivity contribution in [3.63, 3.8) is 0 Å². The minimum atomic E-state index is -0.563. The fourth-order valence-corrected chi connectivity index (χ4v) is 1.70. The van der Waals surface area contributed by atoms with Crippen LogP contribution in [0.2, 0.25) is 0 Å². The van der Waals surface area contributed by atoms with Gasteiger partial charge in [-0.2, -0.15) is 0 Å². The maximum absolute atomic E-state index is 11.9. The van der Waals surface area contributed by atoms with Gasteiger partial charge in [0.2, 0.25) is 5.91 Å². The summed E-state index contributed by atoms with van der Waals surface area (Å²) in [5.74, 6) is 0.341. The first kappa shape index (κ1) is 14.1. The third kappa shape index (κ3) is 3.78. The fourth-order valence-electron chi connectivity index (χ4n) is 1.26. The molecule has 0 aliphatic carbocycles. The van der Waals surface area contributed by atoms with Crippen LogP contribution in [0.25, 0.3) is 0 Å². The van der Waals surface area contributed by atoms with Crippen molar-refractivity contribution in [2.24, 2.45) is 11.1 Å². The van der Waals surface area contributed by atoms with E-state index in [2.05, 4.69) is 26.2 Å². The number of rotatable bonds is 2. The Bertz CT molecular complexity index is 426. The van der Waals surface area contributed by atoms with Crippen LogP contribution in [0.5, 0.6) is 0 Å². The van der Waals surface area contributed by atoms with Crippen molar-refractivity contribution >= 4 is 27.7 Å². The van der Waals surface area contributed by atoms with Gasteiger partial charge in [0, 0.05) is 10.7 Å². The van der Waals surface area contributed by atoms with E-state index in [1.807, 2.05) is 33.8 Å². The lowest BCUT2D eigenvalue weighted by molar-refractivity contribution is -0.119. The summed E-state index contributed by atoms with van der Waals surface area (Å²) < 4.78 is 0.883. The molecule has 0 radical (unpaired) electrons. The Hall–Kier alpha value is -0.940. The molecule has 5 heteroatoms. The fraction of sp³-hybridized carbons (Fsp3) is 0.500. The summed E-state index contributed by atoms with van der Waals surface area (Å²) in [5.41, 5.74) is 6.50. The first-order chi connectivity index (χ1) is 7.71. The van der Waals surface area contributed by atoms with Gasteiger partial charge in [0.1, 0.15) is 5.82 Å². The molecule has 3 N–H and O–H groups in total. The Balaban J connectivity index is 2.82. The van der Waals surface area contributed by atoms with Gasteiger partial charge in [-0.1, -0.05) is 20.8 Å². The Morgan fingerprint density at radius 2 is 2.12 bits per heavy atom. The molecule has 0 saturated carbocycles. The number of nitrogens with one attached hydrogen (secondary N) is 1. The number of aromatic nitrogens is 1. The molecule has 0 aliphatic rings. The molecule has 1 atom stereocenters. The van der Waals surface area contributed by atoms with E-state index in [4.69, 9.17) is 5.73 Å². The van der Waals surface area contributed by atoms with Crippen LogP contribution in [0, 0.1) is 12.3 Å². The molecule has 1 amide bonds. The number of carbonyl (C=O) groups excluding carboxylic acids is 1. The van der Waals surface area contributed by atoms with E-state index in [0.717, 1.165) is 10.0 Å². The van der Waals surface area contributed by atoms with Crippen molar-refractivity contribution in [2.75, 3.05) is 5.32 Å². The van der Waals surface area contributed by atoms with Crippen molar-refractivity contribution in [3.8, 4) is 0 Å². The van der Waals surface area contributed by atoms with Gasteiger partial charge in [-0.25, -0.2) is 4.98 Å². The standard InChI is InChI=1S/C12H18BrN3O/c1-7-5-8(13)6-15-10(7)16-11(17)9(14)12(2,3)4/h5-6,9H,14H2,1-4H3,(H,15,16,17)/t9-/m1/s1. The van der Waals surface area contributed by atoms with Crippen molar-refractivity contribution in [1.82, 2.24) is 4.98 Å². The minimum absolute atomic E-state index is 0.213. The predicted molar refractivity (Wildman–Crippen MR) is 72.7 cm³/mol. The molecule has 0 saturated heterocycles. The van der Waals surface area contributed by atoms with Gasteiger partial charge >= 0.3 is 0 Å². The van der Waals surface area contributed by atoms with Gasteiger partial charge in [0.05, 0.1) is 6.04 Å². The SMILES string of the molecule is Cc1cc(Br)cnc1NC(=O)[C@@H](N)C(C)(C)C. The number of nitrogens with zero attached hydrogens (tertiary/aromatic N) is 1. The molecule has 1 aromatic heterocycles. The molecule has 0 spiro atoms. The number of nitrogens with two attached hydrogens (primary N) is 1. The highest BCUT2D eigenvalue weighted by Gasteiger charge is 2.27. The van der Waals surface area contributed by atoms with Gasteiger partial charge in [-0.15, -0.1) is 0 Å². The molecule has 0 aromatic carbocycles. The number of hydrogen-bond donors (Lipinski definition) is 2. The number of amides is 1. The number of halogens is 1. The number of carbonyl (C=O) groups is 1. The van der Waals surface area contributed by atoms with Crippen LogP contribution in [0.3, 0.4) is 0 Å². The Morgan fingerprint density at radius 3 is 2.59 bits per heavy atom. The van der Waals surface area contributed by atoms with Crippen LogP contribution in [0.15, 0.2) is 16.7 Å².